The molecule has 0 amide bonds. The molecule has 0 spiro atoms. The molecule has 0 aliphatic rings. The standard InChI is InChI=1S/C54H37N/c1-3-13-38(14-4-1)40-23-25-43(26-24-40)49-20-11-12-22-53(49)55(46-32-27-41(28-33-46)39-15-5-2-6-16-39)47-34-29-44(30-35-47)52-37-45-18-8-9-19-48(45)51-36-31-42-17-7-10-21-50(42)54(51)52/h1-37H. The number of nitrogens with zero attached hydrogens (tertiary/aromatic N) is 1. The molecule has 0 bridgehead atoms. The number of rotatable bonds is 7. The van der Waals surface area contributed by atoms with E-state index in [1.54, 1.807) is 0 Å². The van der Waals surface area contributed by atoms with Crippen molar-refractivity contribution in [2.75, 3.05) is 4.90 Å². The first-order chi connectivity index (χ1) is 27.3. The smallest absolute Gasteiger partial charge is 0.0540 e. The van der Waals surface area contributed by atoms with Gasteiger partial charge in [0.05, 0.1) is 5.69 Å². The molecule has 0 aliphatic heterocycles. The first-order valence-electron chi connectivity index (χ1n) is 18.9. The van der Waals surface area contributed by atoms with E-state index in [-0.39, 0.29) is 0 Å². The van der Waals surface area contributed by atoms with Crippen LogP contribution in [0.3, 0.4) is 0 Å². The van der Waals surface area contributed by atoms with Gasteiger partial charge in [-0.15, -0.1) is 0 Å². The van der Waals surface area contributed by atoms with E-state index in [0.29, 0.717) is 0 Å². The molecule has 0 unspecified atom stereocenters. The molecule has 0 radical (unpaired) electrons. The van der Waals surface area contributed by atoms with Crippen molar-refractivity contribution in [3.8, 4) is 44.5 Å². The maximum atomic E-state index is 2.40. The van der Waals surface area contributed by atoms with Gasteiger partial charge in [-0.3, -0.25) is 0 Å². The first kappa shape index (κ1) is 32.4. The lowest BCUT2D eigenvalue weighted by molar-refractivity contribution is 1.28. The predicted octanol–water partition coefficient (Wildman–Crippen LogP) is 15.3. The minimum atomic E-state index is 1.10. The van der Waals surface area contributed by atoms with Crippen molar-refractivity contribution in [2.45, 2.75) is 0 Å². The quantitative estimate of drug-likeness (QED) is 0.150. The molecule has 0 saturated carbocycles. The van der Waals surface area contributed by atoms with Gasteiger partial charge in [-0.05, 0) is 108 Å². The van der Waals surface area contributed by atoms with E-state index in [1.807, 2.05) is 0 Å². The SMILES string of the molecule is c1ccc(-c2ccc(-c3ccccc3N(c3ccc(-c4ccccc4)cc3)c3ccc(-c4cc5ccccc5c5ccc6ccccc6c45)cc3)cc2)cc1. The normalized spacial score (nSPS) is 11.3. The summed E-state index contributed by atoms with van der Waals surface area (Å²) >= 11 is 0. The van der Waals surface area contributed by atoms with Crippen LogP contribution in [-0.2, 0) is 0 Å². The summed E-state index contributed by atoms with van der Waals surface area (Å²) in [5.41, 5.74) is 12.9. The van der Waals surface area contributed by atoms with Crippen LogP contribution in [-0.4, -0.2) is 0 Å². The summed E-state index contributed by atoms with van der Waals surface area (Å²) in [6.45, 7) is 0. The third-order valence-corrected chi connectivity index (χ3v) is 10.9. The van der Waals surface area contributed by atoms with Gasteiger partial charge < -0.3 is 4.90 Å². The van der Waals surface area contributed by atoms with Crippen molar-refractivity contribution in [3.05, 3.63) is 224 Å². The van der Waals surface area contributed by atoms with Crippen molar-refractivity contribution in [1.29, 1.82) is 0 Å². The Morgan fingerprint density at radius 2 is 0.709 bits per heavy atom. The van der Waals surface area contributed by atoms with Gasteiger partial charge in [-0.1, -0.05) is 188 Å². The lowest BCUT2D eigenvalue weighted by Crippen LogP contribution is -2.11. The van der Waals surface area contributed by atoms with E-state index in [4.69, 9.17) is 0 Å². The molecule has 1 nitrogen and oxygen atoms in total. The summed E-state index contributed by atoms with van der Waals surface area (Å²) in [6, 6.07) is 81.4. The highest BCUT2D eigenvalue weighted by molar-refractivity contribution is 6.23. The molecule has 0 N–H and O–H groups in total. The van der Waals surface area contributed by atoms with E-state index in [0.717, 1.165) is 17.1 Å². The topological polar surface area (TPSA) is 3.24 Å². The predicted molar refractivity (Wildman–Crippen MR) is 235 cm³/mol. The highest BCUT2D eigenvalue weighted by Gasteiger charge is 2.19. The second-order valence-corrected chi connectivity index (χ2v) is 14.1. The fourth-order valence-electron chi connectivity index (χ4n) is 8.15. The molecule has 55 heavy (non-hydrogen) atoms. The summed E-state index contributed by atoms with van der Waals surface area (Å²) < 4.78 is 0. The van der Waals surface area contributed by atoms with Gasteiger partial charge >= 0.3 is 0 Å². The number of hydrogen-bond acceptors (Lipinski definition) is 1. The van der Waals surface area contributed by atoms with Gasteiger partial charge in [0.15, 0.2) is 0 Å². The Hall–Kier alpha value is -7.22. The third kappa shape index (κ3) is 6.02. The van der Waals surface area contributed by atoms with Crippen LogP contribution in [0.4, 0.5) is 17.1 Å². The molecular weight excluding hydrogens is 663 g/mol. The molecule has 0 heterocycles. The molecule has 0 aliphatic carbocycles. The number of hydrogen-bond donors (Lipinski definition) is 0. The van der Waals surface area contributed by atoms with E-state index < -0.39 is 0 Å². The van der Waals surface area contributed by atoms with Crippen molar-refractivity contribution in [1.82, 2.24) is 0 Å². The number of fused-ring (bicyclic) bond motifs is 5. The Balaban J connectivity index is 1.12. The minimum Gasteiger partial charge on any atom is -0.310 e. The summed E-state index contributed by atoms with van der Waals surface area (Å²) in [5.74, 6) is 0. The zero-order valence-corrected chi connectivity index (χ0v) is 30.3. The Labute approximate surface area is 322 Å². The van der Waals surface area contributed by atoms with Gasteiger partial charge in [-0.2, -0.15) is 0 Å². The largest absolute Gasteiger partial charge is 0.310 e. The number of benzene rings is 10. The van der Waals surface area contributed by atoms with Crippen LogP contribution < -0.4 is 4.90 Å². The molecule has 10 rings (SSSR count). The summed E-state index contributed by atoms with van der Waals surface area (Å²) in [4.78, 5) is 2.40. The summed E-state index contributed by atoms with van der Waals surface area (Å²) in [7, 11) is 0. The maximum Gasteiger partial charge on any atom is 0.0540 e. The molecule has 0 aromatic heterocycles. The van der Waals surface area contributed by atoms with Crippen molar-refractivity contribution in [3.63, 3.8) is 0 Å². The highest BCUT2D eigenvalue weighted by atomic mass is 15.1. The molecule has 10 aromatic rings. The average Bonchev–Trinajstić information content (AvgIpc) is 3.27. The van der Waals surface area contributed by atoms with Crippen LogP contribution in [0.2, 0.25) is 0 Å². The van der Waals surface area contributed by atoms with E-state index in [2.05, 4.69) is 229 Å². The van der Waals surface area contributed by atoms with Crippen LogP contribution in [0.1, 0.15) is 0 Å². The van der Waals surface area contributed by atoms with Gasteiger partial charge in [0.1, 0.15) is 0 Å². The van der Waals surface area contributed by atoms with E-state index >= 15 is 0 Å². The second-order valence-electron chi connectivity index (χ2n) is 14.1. The van der Waals surface area contributed by atoms with Gasteiger partial charge in [0.25, 0.3) is 0 Å². The van der Waals surface area contributed by atoms with Crippen LogP contribution in [0, 0.1) is 0 Å². The molecule has 1 heteroatoms. The Morgan fingerprint density at radius 1 is 0.255 bits per heavy atom. The molecule has 0 saturated heterocycles. The first-order valence-corrected chi connectivity index (χ1v) is 18.9. The van der Waals surface area contributed by atoms with E-state index in [9.17, 15) is 0 Å². The fraction of sp³-hybridized carbons (Fsp3) is 0. The Morgan fingerprint density at radius 3 is 1.36 bits per heavy atom. The lowest BCUT2D eigenvalue weighted by atomic mass is 9.90. The van der Waals surface area contributed by atoms with Crippen LogP contribution in [0.25, 0.3) is 76.8 Å². The molecule has 10 aromatic carbocycles. The highest BCUT2D eigenvalue weighted by Crippen LogP contribution is 2.44. The summed E-state index contributed by atoms with van der Waals surface area (Å²) in [6.07, 6.45) is 0. The van der Waals surface area contributed by atoms with Crippen LogP contribution in [0.5, 0.6) is 0 Å². The van der Waals surface area contributed by atoms with Crippen LogP contribution in [0.15, 0.2) is 224 Å². The molecular formula is C54H37N. The van der Waals surface area contributed by atoms with Gasteiger partial charge in [0.2, 0.25) is 0 Å². The number of para-hydroxylation sites is 1. The van der Waals surface area contributed by atoms with Gasteiger partial charge in [0, 0.05) is 16.9 Å². The van der Waals surface area contributed by atoms with Gasteiger partial charge in [-0.25, -0.2) is 0 Å². The molecule has 258 valence electrons. The lowest BCUT2D eigenvalue weighted by Gasteiger charge is -2.28. The van der Waals surface area contributed by atoms with Crippen LogP contribution >= 0.6 is 0 Å². The monoisotopic (exact) mass is 699 g/mol. The molecule has 0 atom stereocenters. The number of anilines is 3. The average molecular weight is 700 g/mol. The minimum absolute atomic E-state index is 1.10. The maximum absolute atomic E-state index is 2.40. The zero-order valence-electron chi connectivity index (χ0n) is 30.3. The second kappa shape index (κ2) is 14.0. The Kier molecular flexibility index (Phi) is 8.24. The Bertz CT molecular complexity index is 2930. The summed E-state index contributed by atoms with van der Waals surface area (Å²) in [5, 5.41) is 7.63. The fourth-order valence-corrected chi connectivity index (χ4v) is 8.15. The van der Waals surface area contributed by atoms with Crippen molar-refractivity contribution < 1.29 is 0 Å². The van der Waals surface area contributed by atoms with E-state index in [1.165, 1.54) is 76.8 Å². The van der Waals surface area contributed by atoms with Crippen molar-refractivity contribution in [2.24, 2.45) is 0 Å². The van der Waals surface area contributed by atoms with Crippen molar-refractivity contribution >= 4 is 49.4 Å². The zero-order chi connectivity index (χ0) is 36.6. The third-order valence-electron chi connectivity index (χ3n) is 10.9. The molecule has 0 fully saturated rings.